The van der Waals surface area contributed by atoms with Crippen LogP contribution >= 0.6 is 23.2 Å². The zero-order valence-corrected chi connectivity index (χ0v) is 14.4. The Labute approximate surface area is 151 Å². The Morgan fingerprint density at radius 3 is 2.72 bits per heavy atom. The average molecular weight is 390 g/mol. The average Bonchev–Trinajstić information content (AvgIpc) is 2.85. The molecule has 1 amide bonds. The fraction of sp³-hybridized carbons (Fsp3) is 0.286. The number of aliphatic hydroxyl groups excluding tert-OH is 1. The molecular formula is C14H13Cl2N3O6. The van der Waals surface area contributed by atoms with Gasteiger partial charge in [-0.05, 0) is 6.07 Å². The number of esters is 1. The number of hydrogen-bond acceptors (Lipinski definition) is 7. The molecule has 25 heavy (non-hydrogen) atoms. The number of carbonyl (C=O) groups is 2. The number of anilines is 1. The molecule has 2 N–H and O–H groups in total. The van der Waals surface area contributed by atoms with E-state index in [4.69, 9.17) is 28.3 Å². The van der Waals surface area contributed by atoms with Crippen molar-refractivity contribution in [3.05, 3.63) is 43.6 Å². The van der Waals surface area contributed by atoms with Crippen LogP contribution in [-0.2, 0) is 14.3 Å². The lowest BCUT2D eigenvalue weighted by Gasteiger charge is -2.15. The zero-order chi connectivity index (χ0) is 18.7. The SMILES string of the molecule is COC(=O)C1=C(Nc2c(Cl)cc(Cl)cc2[N+](=O)[O-])C(=O)N(CCO)C1. The summed E-state index contributed by atoms with van der Waals surface area (Å²) in [4.78, 5) is 36.1. The van der Waals surface area contributed by atoms with Crippen LogP contribution in [0.25, 0.3) is 0 Å². The van der Waals surface area contributed by atoms with Crippen molar-refractivity contribution in [1.29, 1.82) is 0 Å². The van der Waals surface area contributed by atoms with Crippen LogP contribution < -0.4 is 5.32 Å². The van der Waals surface area contributed by atoms with Crippen LogP contribution in [0.4, 0.5) is 11.4 Å². The maximum Gasteiger partial charge on any atom is 0.337 e. The largest absolute Gasteiger partial charge is 0.466 e. The van der Waals surface area contributed by atoms with Gasteiger partial charge in [-0.1, -0.05) is 23.2 Å². The number of ether oxygens (including phenoxy) is 1. The molecule has 1 aliphatic rings. The number of benzene rings is 1. The third-order valence-corrected chi connectivity index (χ3v) is 3.95. The lowest BCUT2D eigenvalue weighted by Crippen LogP contribution is -2.31. The highest BCUT2D eigenvalue weighted by molar-refractivity contribution is 6.37. The van der Waals surface area contributed by atoms with E-state index >= 15 is 0 Å². The summed E-state index contributed by atoms with van der Waals surface area (Å²) in [5.41, 5.74) is -0.858. The number of carbonyl (C=O) groups excluding carboxylic acids is 2. The van der Waals surface area contributed by atoms with E-state index in [1.54, 1.807) is 0 Å². The summed E-state index contributed by atoms with van der Waals surface area (Å²) < 4.78 is 4.64. The highest BCUT2D eigenvalue weighted by atomic mass is 35.5. The normalized spacial score (nSPS) is 14.1. The predicted molar refractivity (Wildman–Crippen MR) is 89.4 cm³/mol. The molecule has 1 aromatic carbocycles. The first-order chi connectivity index (χ1) is 11.8. The number of amides is 1. The summed E-state index contributed by atoms with van der Waals surface area (Å²) >= 11 is 11.8. The second-order valence-corrected chi connectivity index (χ2v) is 5.80. The van der Waals surface area contributed by atoms with Crippen molar-refractivity contribution in [1.82, 2.24) is 4.90 Å². The fourth-order valence-electron chi connectivity index (χ4n) is 2.30. The fourth-order valence-corrected chi connectivity index (χ4v) is 2.83. The Kier molecular flexibility index (Phi) is 5.83. The molecule has 11 heteroatoms. The smallest absolute Gasteiger partial charge is 0.337 e. The molecule has 0 aromatic heterocycles. The van der Waals surface area contributed by atoms with E-state index in [1.165, 1.54) is 11.0 Å². The van der Waals surface area contributed by atoms with Gasteiger partial charge in [0.2, 0.25) is 0 Å². The number of nitro benzene ring substituents is 1. The number of rotatable bonds is 6. The van der Waals surface area contributed by atoms with Crippen LogP contribution in [0.15, 0.2) is 23.4 Å². The zero-order valence-electron chi connectivity index (χ0n) is 12.9. The van der Waals surface area contributed by atoms with Gasteiger partial charge in [0.1, 0.15) is 11.4 Å². The van der Waals surface area contributed by atoms with E-state index in [9.17, 15) is 19.7 Å². The number of hydrogen-bond donors (Lipinski definition) is 2. The van der Waals surface area contributed by atoms with Gasteiger partial charge in [0, 0.05) is 17.6 Å². The third kappa shape index (κ3) is 3.84. The summed E-state index contributed by atoms with van der Waals surface area (Å²) in [5, 5.41) is 22.8. The third-order valence-electron chi connectivity index (χ3n) is 3.43. The van der Waals surface area contributed by atoms with Gasteiger partial charge in [-0.15, -0.1) is 0 Å². The lowest BCUT2D eigenvalue weighted by atomic mass is 10.2. The molecule has 1 heterocycles. The number of nitrogens with one attached hydrogen (secondary N) is 1. The monoisotopic (exact) mass is 389 g/mol. The standard InChI is InChI=1S/C14H13Cl2N3O6/c1-25-14(22)8-6-18(2-3-20)13(21)11(8)17-12-9(16)4-7(15)5-10(12)19(23)24/h4-5,17,20H,2-3,6H2,1H3. The maximum atomic E-state index is 12.4. The molecule has 0 fully saturated rings. The first-order valence-corrected chi connectivity index (χ1v) is 7.67. The van der Waals surface area contributed by atoms with Crippen molar-refractivity contribution in [2.45, 2.75) is 0 Å². The van der Waals surface area contributed by atoms with Crippen molar-refractivity contribution in [2.24, 2.45) is 0 Å². The number of halogens is 2. The van der Waals surface area contributed by atoms with E-state index in [0.717, 1.165) is 13.2 Å². The van der Waals surface area contributed by atoms with Crippen molar-refractivity contribution in [3.8, 4) is 0 Å². The minimum absolute atomic E-state index is 0.0129. The topological polar surface area (TPSA) is 122 Å². The highest BCUT2D eigenvalue weighted by Gasteiger charge is 2.36. The lowest BCUT2D eigenvalue weighted by molar-refractivity contribution is -0.383. The first-order valence-electron chi connectivity index (χ1n) is 6.92. The molecule has 0 saturated heterocycles. The molecule has 1 aliphatic heterocycles. The molecule has 0 aliphatic carbocycles. The molecule has 2 rings (SSSR count). The molecule has 0 atom stereocenters. The Morgan fingerprint density at radius 1 is 1.48 bits per heavy atom. The van der Waals surface area contributed by atoms with Crippen molar-refractivity contribution < 1.29 is 24.4 Å². The van der Waals surface area contributed by atoms with E-state index in [0.29, 0.717) is 0 Å². The summed E-state index contributed by atoms with van der Waals surface area (Å²) in [6.07, 6.45) is 0. The van der Waals surface area contributed by atoms with Gasteiger partial charge in [-0.3, -0.25) is 14.9 Å². The summed E-state index contributed by atoms with van der Waals surface area (Å²) in [7, 11) is 1.14. The molecule has 1 aromatic rings. The van der Waals surface area contributed by atoms with Gasteiger partial charge in [-0.25, -0.2) is 4.79 Å². The van der Waals surface area contributed by atoms with Crippen LogP contribution in [0, 0.1) is 10.1 Å². The molecule has 9 nitrogen and oxygen atoms in total. The number of aliphatic hydroxyl groups is 1. The number of nitrogens with zero attached hydrogens (tertiary/aromatic N) is 2. The minimum atomic E-state index is -0.774. The Hall–Kier alpha value is -2.36. The molecule has 0 saturated carbocycles. The molecule has 0 bridgehead atoms. The first kappa shape index (κ1) is 19.0. The highest BCUT2D eigenvalue weighted by Crippen LogP contribution is 2.37. The van der Waals surface area contributed by atoms with Crippen LogP contribution in [-0.4, -0.2) is 53.6 Å². The van der Waals surface area contributed by atoms with Crippen molar-refractivity contribution in [2.75, 3.05) is 32.1 Å². The van der Waals surface area contributed by atoms with Gasteiger partial charge in [0.05, 0.1) is 35.8 Å². The van der Waals surface area contributed by atoms with E-state index in [-0.39, 0.29) is 46.7 Å². The predicted octanol–water partition coefficient (Wildman–Crippen LogP) is 1.58. The minimum Gasteiger partial charge on any atom is -0.466 e. The quantitative estimate of drug-likeness (QED) is 0.430. The summed E-state index contributed by atoms with van der Waals surface area (Å²) in [5.74, 6) is -1.39. The van der Waals surface area contributed by atoms with Gasteiger partial charge in [-0.2, -0.15) is 0 Å². The number of β-amino-alcohol motifs (C(OH)–C–C–N with tert-alkyl or cyclic N) is 1. The molecule has 0 unspecified atom stereocenters. The van der Waals surface area contributed by atoms with E-state index in [1.807, 2.05) is 0 Å². The van der Waals surface area contributed by atoms with Crippen molar-refractivity contribution in [3.63, 3.8) is 0 Å². The second kappa shape index (κ2) is 7.68. The Bertz CT molecular complexity index is 780. The van der Waals surface area contributed by atoms with Crippen molar-refractivity contribution >= 4 is 46.5 Å². The van der Waals surface area contributed by atoms with Gasteiger partial charge in [0.25, 0.3) is 11.6 Å². The van der Waals surface area contributed by atoms with Crippen LogP contribution in [0.3, 0.4) is 0 Å². The maximum absolute atomic E-state index is 12.4. The van der Waals surface area contributed by atoms with Crippen LogP contribution in [0.1, 0.15) is 0 Å². The van der Waals surface area contributed by atoms with Gasteiger partial charge >= 0.3 is 5.97 Å². The van der Waals surface area contributed by atoms with Gasteiger partial charge < -0.3 is 20.1 Å². The summed E-state index contributed by atoms with van der Waals surface area (Å²) in [6.45, 7) is -0.427. The molecule has 0 radical (unpaired) electrons. The molecular weight excluding hydrogens is 377 g/mol. The second-order valence-electron chi connectivity index (χ2n) is 4.96. The van der Waals surface area contributed by atoms with E-state index in [2.05, 4.69) is 10.1 Å². The van der Waals surface area contributed by atoms with Crippen LogP contribution in [0.2, 0.25) is 10.0 Å². The Balaban J connectivity index is 2.51. The Morgan fingerprint density at radius 2 is 2.16 bits per heavy atom. The summed E-state index contributed by atoms with van der Waals surface area (Å²) in [6, 6.07) is 2.33. The number of methoxy groups -OCH3 is 1. The molecule has 134 valence electrons. The van der Waals surface area contributed by atoms with Gasteiger partial charge in [0.15, 0.2) is 0 Å². The number of nitro groups is 1. The molecule has 0 spiro atoms. The van der Waals surface area contributed by atoms with Crippen LogP contribution in [0.5, 0.6) is 0 Å². The van der Waals surface area contributed by atoms with E-state index < -0.39 is 22.5 Å².